The topological polar surface area (TPSA) is 29.1 Å². The molecule has 3 heteroatoms. The number of benzene rings is 2. The first-order valence-corrected chi connectivity index (χ1v) is 11.2. The minimum absolute atomic E-state index is 0.0208. The Bertz CT molecular complexity index is 875. The fraction of sp³-hybridized carbons (Fsp3) is 0.444. The van der Waals surface area contributed by atoms with Crippen LogP contribution in [0.2, 0.25) is 5.02 Å². The molecule has 2 nitrogen and oxygen atoms in total. The van der Waals surface area contributed by atoms with Gasteiger partial charge in [0.05, 0.1) is 5.54 Å². The van der Waals surface area contributed by atoms with Gasteiger partial charge in [0, 0.05) is 10.6 Å². The molecule has 1 atom stereocenters. The maximum atomic E-state index is 13.1. The van der Waals surface area contributed by atoms with Crippen molar-refractivity contribution < 1.29 is 4.79 Å². The van der Waals surface area contributed by atoms with Crippen LogP contribution in [0.4, 0.5) is 0 Å². The van der Waals surface area contributed by atoms with E-state index >= 15 is 0 Å². The summed E-state index contributed by atoms with van der Waals surface area (Å²) >= 11 is 6.15. The number of hydrogen-bond acceptors (Lipinski definition) is 1. The van der Waals surface area contributed by atoms with Gasteiger partial charge >= 0.3 is 0 Å². The molecule has 30 heavy (non-hydrogen) atoms. The maximum absolute atomic E-state index is 13.1. The SMILES string of the molecule is C=CCCC(C)(C1CC(NC(=O)c2ccccc2)(c2ccc(Cl)cc2)C1)C(C)(C)C. The van der Waals surface area contributed by atoms with Crippen molar-refractivity contribution in [3.8, 4) is 0 Å². The van der Waals surface area contributed by atoms with Crippen molar-refractivity contribution >= 4 is 17.5 Å². The first-order valence-electron chi connectivity index (χ1n) is 10.9. The molecule has 0 spiro atoms. The lowest BCUT2D eigenvalue weighted by atomic mass is 9.48. The van der Waals surface area contributed by atoms with Crippen molar-refractivity contribution in [2.24, 2.45) is 16.7 Å². The summed E-state index contributed by atoms with van der Waals surface area (Å²) in [4.78, 5) is 13.1. The van der Waals surface area contributed by atoms with E-state index in [2.05, 4.69) is 51.7 Å². The van der Waals surface area contributed by atoms with E-state index in [0.717, 1.165) is 31.2 Å². The Balaban J connectivity index is 1.90. The van der Waals surface area contributed by atoms with Crippen LogP contribution in [0, 0.1) is 16.7 Å². The fourth-order valence-corrected chi connectivity index (χ4v) is 5.01. The summed E-state index contributed by atoms with van der Waals surface area (Å²) in [5.74, 6) is 0.497. The largest absolute Gasteiger partial charge is 0.343 e. The van der Waals surface area contributed by atoms with E-state index in [1.807, 2.05) is 48.5 Å². The quantitative estimate of drug-likeness (QED) is 0.462. The minimum Gasteiger partial charge on any atom is -0.343 e. The van der Waals surface area contributed by atoms with Gasteiger partial charge in [0.2, 0.25) is 0 Å². The number of allylic oxidation sites excluding steroid dienone is 1. The lowest BCUT2D eigenvalue weighted by Crippen LogP contribution is -2.60. The summed E-state index contributed by atoms with van der Waals surface area (Å²) in [6, 6.07) is 17.4. The van der Waals surface area contributed by atoms with E-state index in [9.17, 15) is 4.79 Å². The van der Waals surface area contributed by atoms with Gasteiger partial charge in [-0.3, -0.25) is 4.79 Å². The van der Waals surface area contributed by atoms with E-state index in [1.54, 1.807) is 0 Å². The molecule has 1 aliphatic carbocycles. The van der Waals surface area contributed by atoms with Gasteiger partial charge in [-0.1, -0.05) is 75.7 Å². The van der Waals surface area contributed by atoms with E-state index in [0.29, 0.717) is 16.5 Å². The number of hydrogen-bond donors (Lipinski definition) is 1. The molecule has 1 fully saturated rings. The Kier molecular flexibility index (Phi) is 6.48. The summed E-state index contributed by atoms with van der Waals surface area (Å²) in [5.41, 5.74) is 1.79. The predicted octanol–water partition coefficient (Wildman–Crippen LogP) is 7.39. The zero-order chi connectivity index (χ0) is 22.0. The molecule has 1 unspecified atom stereocenters. The monoisotopic (exact) mass is 423 g/mol. The molecular weight excluding hydrogens is 390 g/mol. The Morgan fingerprint density at radius 2 is 1.70 bits per heavy atom. The summed E-state index contributed by atoms with van der Waals surface area (Å²) in [7, 11) is 0. The van der Waals surface area contributed by atoms with Crippen LogP contribution in [0.15, 0.2) is 67.3 Å². The van der Waals surface area contributed by atoms with Gasteiger partial charge in [-0.25, -0.2) is 0 Å². The second kappa shape index (κ2) is 8.59. The molecule has 0 saturated heterocycles. The highest BCUT2D eigenvalue weighted by Crippen LogP contribution is 2.60. The Morgan fingerprint density at radius 1 is 1.10 bits per heavy atom. The fourth-order valence-electron chi connectivity index (χ4n) is 4.88. The van der Waals surface area contributed by atoms with Crippen LogP contribution in [0.5, 0.6) is 0 Å². The third-order valence-electron chi connectivity index (χ3n) is 7.46. The van der Waals surface area contributed by atoms with Crippen LogP contribution in [0.1, 0.15) is 69.3 Å². The predicted molar refractivity (Wildman–Crippen MR) is 127 cm³/mol. The maximum Gasteiger partial charge on any atom is 0.251 e. The third kappa shape index (κ3) is 4.34. The number of carbonyl (C=O) groups excluding carboxylic acids is 1. The lowest BCUT2D eigenvalue weighted by Gasteiger charge is -2.59. The number of amides is 1. The van der Waals surface area contributed by atoms with Gasteiger partial charge in [-0.2, -0.15) is 0 Å². The van der Waals surface area contributed by atoms with E-state index in [-0.39, 0.29) is 22.3 Å². The Hall–Kier alpha value is -2.06. The molecular formula is C27H34ClNO. The molecule has 160 valence electrons. The van der Waals surface area contributed by atoms with E-state index < -0.39 is 0 Å². The molecule has 3 rings (SSSR count). The van der Waals surface area contributed by atoms with Crippen LogP contribution in [-0.2, 0) is 5.54 Å². The lowest BCUT2D eigenvalue weighted by molar-refractivity contribution is -0.0638. The highest BCUT2D eigenvalue weighted by Gasteiger charge is 2.56. The minimum atomic E-state index is -0.358. The van der Waals surface area contributed by atoms with Crippen molar-refractivity contribution in [2.75, 3.05) is 0 Å². The van der Waals surface area contributed by atoms with Gasteiger partial charge in [0.1, 0.15) is 0 Å². The zero-order valence-electron chi connectivity index (χ0n) is 18.7. The molecule has 0 bridgehead atoms. The molecule has 2 aromatic carbocycles. The Morgan fingerprint density at radius 3 is 2.23 bits per heavy atom. The van der Waals surface area contributed by atoms with E-state index in [4.69, 9.17) is 11.6 Å². The van der Waals surface area contributed by atoms with Crippen molar-refractivity contribution in [1.29, 1.82) is 0 Å². The van der Waals surface area contributed by atoms with Gasteiger partial charge in [0.25, 0.3) is 5.91 Å². The highest BCUT2D eigenvalue weighted by molar-refractivity contribution is 6.30. The third-order valence-corrected chi connectivity index (χ3v) is 7.71. The summed E-state index contributed by atoms with van der Waals surface area (Å²) < 4.78 is 0. The first kappa shape index (κ1) is 22.6. The molecule has 0 aliphatic heterocycles. The average molecular weight is 424 g/mol. The molecule has 0 heterocycles. The normalized spacial score (nSPS) is 23.2. The number of nitrogens with one attached hydrogen (secondary N) is 1. The number of carbonyl (C=O) groups is 1. The molecule has 1 aliphatic rings. The van der Waals surface area contributed by atoms with Crippen molar-refractivity contribution in [2.45, 2.75) is 58.9 Å². The first-order chi connectivity index (χ1) is 14.1. The summed E-state index contributed by atoms with van der Waals surface area (Å²) in [5, 5.41) is 4.10. The molecule has 1 saturated carbocycles. The van der Waals surface area contributed by atoms with Gasteiger partial charge in [0.15, 0.2) is 0 Å². The van der Waals surface area contributed by atoms with Crippen LogP contribution < -0.4 is 5.32 Å². The molecule has 0 aromatic heterocycles. The molecule has 1 amide bonds. The van der Waals surface area contributed by atoms with Crippen molar-refractivity contribution in [3.63, 3.8) is 0 Å². The second-order valence-corrected chi connectivity index (χ2v) is 10.4. The van der Waals surface area contributed by atoms with Gasteiger partial charge < -0.3 is 5.32 Å². The summed E-state index contributed by atoms with van der Waals surface area (Å²) in [6.07, 6.45) is 5.99. The van der Waals surface area contributed by atoms with Gasteiger partial charge in [-0.05, 0) is 72.3 Å². The molecule has 0 radical (unpaired) electrons. The van der Waals surface area contributed by atoms with Crippen LogP contribution in [0.3, 0.4) is 0 Å². The van der Waals surface area contributed by atoms with Crippen LogP contribution in [-0.4, -0.2) is 5.91 Å². The van der Waals surface area contributed by atoms with Crippen molar-refractivity contribution in [1.82, 2.24) is 5.32 Å². The molecule has 2 aromatic rings. The number of halogens is 1. The Labute approximate surface area is 186 Å². The standard InChI is InChI=1S/C27H34ClNO/c1-6-7-17-26(5,25(2,3)4)22-18-27(19-22,21-13-15-23(28)16-14-21)29-24(30)20-11-9-8-10-12-20/h6,8-16,22H,1,7,17-19H2,2-5H3,(H,29,30). The van der Waals surface area contributed by atoms with Crippen LogP contribution >= 0.6 is 11.6 Å². The average Bonchev–Trinajstić information content (AvgIpc) is 2.69. The van der Waals surface area contributed by atoms with Crippen LogP contribution in [0.25, 0.3) is 0 Å². The molecule has 1 N–H and O–H groups in total. The second-order valence-electron chi connectivity index (χ2n) is 10.0. The zero-order valence-corrected chi connectivity index (χ0v) is 19.4. The highest BCUT2D eigenvalue weighted by atomic mass is 35.5. The van der Waals surface area contributed by atoms with Crippen molar-refractivity contribution in [3.05, 3.63) is 83.4 Å². The van der Waals surface area contributed by atoms with E-state index in [1.165, 1.54) is 0 Å². The number of rotatable bonds is 7. The van der Waals surface area contributed by atoms with Gasteiger partial charge in [-0.15, -0.1) is 6.58 Å². The smallest absolute Gasteiger partial charge is 0.251 e. The summed E-state index contributed by atoms with van der Waals surface area (Å²) in [6.45, 7) is 13.3.